The van der Waals surface area contributed by atoms with Gasteiger partial charge in [-0.15, -0.1) is 0 Å². The van der Waals surface area contributed by atoms with Crippen molar-refractivity contribution in [3.05, 3.63) is 90.2 Å². The first-order valence-electron chi connectivity index (χ1n) is 10.2. The van der Waals surface area contributed by atoms with Crippen LogP contribution in [0, 0.1) is 0 Å². The second-order valence-electron chi connectivity index (χ2n) is 7.05. The van der Waals surface area contributed by atoms with E-state index >= 15 is 0 Å². The standard InChI is InChI=1S/C26H37N/c1-8-14-24(15-9-2)25-16-13-17-26(19-25)27-21(7)20(6)18-23(12-5)22(10-3)11-4/h10-13,16-17,19,24,27H,3,6-9,14-15,18H2,1-2,4-5H3/b22-11+,23-12+. The lowest BCUT2D eigenvalue weighted by molar-refractivity contribution is 0.561. The number of anilines is 1. The second-order valence-corrected chi connectivity index (χ2v) is 7.05. The molecule has 1 nitrogen and oxygen atoms in total. The lowest BCUT2D eigenvalue weighted by Crippen LogP contribution is -2.04. The minimum absolute atomic E-state index is 0.637. The molecule has 0 spiro atoms. The van der Waals surface area contributed by atoms with Crippen molar-refractivity contribution < 1.29 is 0 Å². The molecular weight excluding hydrogens is 326 g/mol. The zero-order valence-electron chi connectivity index (χ0n) is 17.8. The first kappa shape index (κ1) is 22.8. The van der Waals surface area contributed by atoms with E-state index in [1.807, 2.05) is 13.0 Å². The summed E-state index contributed by atoms with van der Waals surface area (Å²) >= 11 is 0. The SMILES string of the molecule is C=CC(=C\C)/C(=C/C)CC(=C)C(=C)Nc1cccc(C(CCC)CCC)c1. The smallest absolute Gasteiger partial charge is 0.0386 e. The molecule has 1 N–H and O–H groups in total. The van der Waals surface area contributed by atoms with Crippen LogP contribution in [0.4, 0.5) is 5.69 Å². The van der Waals surface area contributed by atoms with Crippen LogP contribution in [0.1, 0.15) is 71.3 Å². The zero-order chi connectivity index (χ0) is 20.2. The van der Waals surface area contributed by atoms with Gasteiger partial charge in [-0.1, -0.05) is 76.8 Å². The maximum Gasteiger partial charge on any atom is 0.0386 e. The van der Waals surface area contributed by atoms with Gasteiger partial charge in [0.15, 0.2) is 0 Å². The van der Waals surface area contributed by atoms with Gasteiger partial charge in [-0.3, -0.25) is 0 Å². The predicted octanol–water partition coefficient (Wildman–Crippen LogP) is 8.32. The summed E-state index contributed by atoms with van der Waals surface area (Å²) in [6.07, 6.45) is 11.8. The molecule has 146 valence electrons. The van der Waals surface area contributed by atoms with Crippen LogP contribution in [0.15, 0.2) is 84.6 Å². The van der Waals surface area contributed by atoms with Crippen molar-refractivity contribution in [3.63, 3.8) is 0 Å². The van der Waals surface area contributed by atoms with Gasteiger partial charge in [0.2, 0.25) is 0 Å². The first-order valence-corrected chi connectivity index (χ1v) is 10.2. The Labute approximate surface area is 167 Å². The molecule has 1 rings (SSSR count). The molecule has 0 aliphatic heterocycles. The van der Waals surface area contributed by atoms with Crippen LogP contribution in [0.25, 0.3) is 0 Å². The molecule has 0 amide bonds. The van der Waals surface area contributed by atoms with Crippen molar-refractivity contribution in [1.29, 1.82) is 0 Å². The molecule has 1 aromatic rings. The van der Waals surface area contributed by atoms with Gasteiger partial charge >= 0.3 is 0 Å². The average molecular weight is 364 g/mol. The topological polar surface area (TPSA) is 12.0 Å². The quantitative estimate of drug-likeness (QED) is 0.368. The van der Waals surface area contributed by atoms with Crippen molar-refractivity contribution in [1.82, 2.24) is 0 Å². The van der Waals surface area contributed by atoms with E-state index in [-0.39, 0.29) is 0 Å². The van der Waals surface area contributed by atoms with Crippen LogP contribution in [0.2, 0.25) is 0 Å². The van der Waals surface area contributed by atoms with E-state index in [1.165, 1.54) is 36.8 Å². The third kappa shape index (κ3) is 7.09. The normalized spacial score (nSPS) is 12.2. The molecule has 1 aromatic carbocycles. The average Bonchev–Trinajstić information content (AvgIpc) is 2.67. The number of allylic oxidation sites excluding steroid dienone is 6. The van der Waals surface area contributed by atoms with E-state index in [1.54, 1.807) is 0 Å². The highest BCUT2D eigenvalue weighted by Crippen LogP contribution is 2.29. The Morgan fingerprint density at radius 1 is 1.07 bits per heavy atom. The van der Waals surface area contributed by atoms with E-state index < -0.39 is 0 Å². The molecule has 0 saturated carbocycles. The van der Waals surface area contributed by atoms with E-state index in [0.717, 1.165) is 29.0 Å². The molecular formula is C26H37N. The van der Waals surface area contributed by atoms with Crippen LogP contribution in [-0.4, -0.2) is 0 Å². The largest absolute Gasteiger partial charge is 0.356 e. The third-order valence-corrected chi connectivity index (χ3v) is 5.01. The number of nitrogens with one attached hydrogen (secondary N) is 1. The van der Waals surface area contributed by atoms with Gasteiger partial charge in [-0.2, -0.15) is 0 Å². The molecule has 0 unspecified atom stereocenters. The maximum atomic E-state index is 4.24. The summed E-state index contributed by atoms with van der Waals surface area (Å²) in [5, 5.41) is 3.46. The molecule has 0 heterocycles. The minimum Gasteiger partial charge on any atom is -0.356 e. The highest BCUT2D eigenvalue weighted by Gasteiger charge is 2.11. The number of benzene rings is 1. The van der Waals surface area contributed by atoms with Crippen molar-refractivity contribution in [2.24, 2.45) is 0 Å². The first-order chi connectivity index (χ1) is 13.0. The molecule has 0 radical (unpaired) electrons. The molecule has 0 saturated heterocycles. The Morgan fingerprint density at radius 2 is 1.74 bits per heavy atom. The Balaban J connectivity index is 2.86. The number of rotatable bonds is 12. The van der Waals surface area contributed by atoms with Crippen molar-refractivity contribution in [2.75, 3.05) is 5.32 Å². The molecule has 0 aromatic heterocycles. The van der Waals surface area contributed by atoms with E-state index in [0.29, 0.717) is 5.92 Å². The van der Waals surface area contributed by atoms with Crippen LogP contribution in [-0.2, 0) is 0 Å². The van der Waals surface area contributed by atoms with Gasteiger partial charge in [-0.05, 0) is 73.4 Å². The summed E-state index contributed by atoms with van der Waals surface area (Å²) < 4.78 is 0. The van der Waals surface area contributed by atoms with E-state index in [2.05, 4.69) is 82.2 Å². The minimum atomic E-state index is 0.637. The van der Waals surface area contributed by atoms with Crippen LogP contribution < -0.4 is 5.32 Å². The third-order valence-electron chi connectivity index (χ3n) is 5.01. The van der Waals surface area contributed by atoms with Gasteiger partial charge in [0.05, 0.1) is 0 Å². The zero-order valence-corrected chi connectivity index (χ0v) is 17.8. The molecule has 1 heteroatoms. The van der Waals surface area contributed by atoms with E-state index in [9.17, 15) is 0 Å². The fourth-order valence-corrected chi connectivity index (χ4v) is 3.45. The Morgan fingerprint density at radius 3 is 2.26 bits per heavy atom. The summed E-state index contributed by atoms with van der Waals surface area (Å²) in [4.78, 5) is 0. The summed E-state index contributed by atoms with van der Waals surface area (Å²) in [6.45, 7) is 21.0. The maximum absolute atomic E-state index is 4.24. The molecule has 0 fully saturated rings. The number of hydrogen-bond acceptors (Lipinski definition) is 1. The van der Waals surface area contributed by atoms with Crippen LogP contribution in [0.5, 0.6) is 0 Å². The van der Waals surface area contributed by atoms with Crippen molar-refractivity contribution in [3.8, 4) is 0 Å². The Kier molecular flexibility index (Phi) is 10.3. The molecule has 0 aliphatic rings. The second kappa shape index (κ2) is 12.2. The highest BCUT2D eigenvalue weighted by molar-refractivity contribution is 5.55. The lowest BCUT2D eigenvalue weighted by atomic mass is 9.90. The summed E-state index contributed by atoms with van der Waals surface area (Å²) in [6, 6.07) is 8.76. The fourth-order valence-electron chi connectivity index (χ4n) is 3.45. The highest BCUT2D eigenvalue weighted by atomic mass is 14.9. The van der Waals surface area contributed by atoms with Gasteiger partial charge in [0, 0.05) is 11.4 Å². The van der Waals surface area contributed by atoms with Crippen molar-refractivity contribution in [2.45, 2.75) is 65.7 Å². The molecule has 0 aliphatic carbocycles. The summed E-state index contributed by atoms with van der Waals surface area (Å²) in [7, 11) is 0. The number of hydrogen-bond donors (Lipinski definition) is 1. The van der Waals surface area contributed by atoms with Gasteiger partial charge in [0.1, 0.15) is 0 Å². The molecule has 0 bridgehead atoms. The van der Waals surface area contributed by atoms with Crippen LogP contribution >= 0.6 is 0 Å². The Hall–Kier alpha value is -2.28. The van der Waals surface area contributed by atoms with Gasteiger partial charge < -0.3 is 5.32 Å². The van der Waals surface area contributed by atoms with Crippen LogP contribution in [0.3, 0.4) is 0 Å². The molecule has 27 heavy (non-hydrogen) atoms. The van der Waals surface area contributed by atoms with Gasteiger partial charge in [0.25, 0.3) is 0 Å². The monoisotopic (exact) mass is 363 g/mol. The summed E-state index contributed by atoms with van der Waals surface area (Å²) in [5.41, 5.74) is 6.74. The van der Waals surface area contributed by atoms with Gasteiger partial charge in [-0.25, -0.2) is 0 Å². The molecule has 0 atom stereocenters. The van der Waals surface area contributed by atoms with Crippen molar-refractivity contribution >= 4 is 5.69 Å². The Bertz CT molecular complexity index is 697. The predicted molar refractivity (Wildman–Crippen MR) is 123 cm³/mol. The lowest BCUT2D eigenvalue weighted by Gasteiger charge is -2.19. The fraction of sp³-hybridized carbons (Fsp3) is 0.385. The van der Waals surface area contributed by atoms with E-state index in [4.69, 9.17) is 0 Å². The summed E-state index contributed by atoms with van der Waals surface area (Å²) in [5.74, 6) is 0.637.